The van der Waals surface area contributed by atoms with Gasteiger partial charge in [-0.2, -0.15) is 0 Å². The van der Waals surface area contributed by atoms with E-state index in [2.05, 4.69) is 46.3 Å². The van der Waals surface area contributed by atoms with Crippen LogP contribution in [0, 0.1) is 29.6 Å². The zero-order valence-corrected chi connectivity index (χ0v) is 30.8. The third-order valence-corrected chi connectivity index (χ3v) is 10.1. The fourth-order valence-electron chi connectivity index (χ4n) is 7.22. The molecule has 266 valence electrons. The molecule has 2 aliphatic heterocycles. The Labute approximate surface area is 286 Å². The van der Waals surface area contributed by atoms with Crippen LogP contribution in [0.3, 0.4) is 0 Å². The number of rotatable bonds is 11. The van der Waals surface area contributed by atoms with Crippen LogP contribution in [0.5, 0.6) is 0 Å². The molecule has 2 rings (SSSR count). The van der Waals surface area contributed by atoms with Crippen molar-refractivity contribution in [3.05, 3.63) is 36.5 Å². The van der Waals surface area contributed by atoms with Gasteiger partial charge in [0.25, 0.3) is 0 Å². The molecule has 1 fully saturated rings. The number of carbonyl (C=O) groups excluding carboxylic acids is 2. The molecule has 2 heterocycles. The smallest absolute Gasteiger partial charge is 0.308 e. The molecule has 0 aromatic rings. The standard InChI is InChI=1S/C37H62BNO8/c1-13-17-44-32-21-33(41)46-31(14-2)29(38)18-22(3)15-16-30(40)23(4)19-28(20-34(42-11)43-12)36(25(32)6)47-37-26(7)35(39(9)10)24(5)27(8)45-37/h13,15-16,18,23-29,31-32,34-37H,1,14,17,19-21H2,2-12H3/b16-15+,22-18+/t23-,24-,25+,26-,27-,28-,29+,31-,32-,35+,36-,37+/m1/s1. The van der Waals surface area contributed by atoms with E-state index >= 15 is 0 Å². The Morgan fingerprint density at radius 1 is 1.06 bits per heavy atom. The highest BCUT2D eigenvalue weighted by Gasteiger charge is 2.45. The van der Waals surface area contributed by atoms with E-state index in [0.29, 0.717) is 19.3 Å². The summed E-state index contributed by atoms with van der Waals surface area (Å²) in [5, 5.41) is 0. The molecular formula is C37H62BNO8. The van der Waals surface area contributed by atoms with Crippen molar-refractivity contribution < 1.29 is 38.0 Å². The normalized spacial score (nSPS) is 38.5. The van der Waals surface area contributed by atoms with Gasteiger partial charge >= 0.3 is 5.97 Å². The third-order valence-electron chi connectivity index (χ3n) is 10.1. The molecule has 10 heteroatoms. The lowest BCUT2D eigenvalue weighted by Gasteiger charge is -2.48. The van der Waals surface area contributed by atoms with Gasteiger partial charge in [0.1, 0.15) is 0 Å². The van der Waals surface area contributed by atoms with Crippen molar-refractivity contribution in [2.75, 3.05) is 34.9 Å². The van der Waals surface area contributed by atoms with E-state index in [-0.39, 0.29) is 60.5 Å². The van der Waals surface area contributed by atoms with Crippen molar-refractivity contribution in [2.45, 2.75) is 123 Å². The second kappa shape index (κ2) is 20.0. The van der Waals surface area contributed by atoms with Crippen LogP contribution in [0.2, 0.25) is 5.82 Å². The molecule has 0 aromatic heterocycles. The number of nitrogens with zero attached hydrogens (tertiary/aromatic N) is 1. The fraction of sp³-hybridized carbons (Fsp3) is 0.784. The minimum absolute atomic E-state index is 0.00321. The van der Waals surface area contributed by atoms with Crippen molar-refractivity contribution >= 4 is 19.6 Å². The fourth-order valence-corrected chi connectivity index (χ4v) is 7.22. The maximum Gasteiger partial charge on any atom is 0.308 e. The Balaban J connectivity index is 2.70. The second-order valence-corrected chi connectivity index (χ2v) is 13.9. The van der Waals surface area contributed by atoms with Gasteiger partial charge in [-0.3, -0.25) is 9.59 Å². The van der Waals surface area contributed by atoms with E-state index in [0.717, 1.165) is 5.57 Å². The van der Waals surface area contributed by atoms with E-state index < -0.39 is 42.7 Å². The summed E-state index contributed by atoms with van der Waals surface area (Å²) in [6.45, 7) is 18.3. The van der Waals surface area contributed by atoms with E-state index in [1.54, 1.807) is 32.4 Å². The summed E-state index contributed by atoms with van der Waals surface area (Å²) in [5.41, 5.74) is 0.819. The van der Waals surface area contributed by atoms with E-state index in [1.807, 2.05) is 33.8 Å². The van der Waals surface area contributed by atoms with Crippen LogP contribution in [-0.4, -0.2) is 102 Å². The van der Waals surface area contributed by atoms with Crippen LogP contribution >= 0.6 is 0 Å². The monoisotopic (exact) mass is 659 g/mol. The number of allylic oxidation sites excluding steroid dienone is 3. The Morgan fingerprint density at radius 2 is 1.72 bits per heavy atom. The van der Waals surface area contributed by atoms with Gasteiger partial charge < -0.3 is 33.3 Å². The number of esters is 1. The van der Waals surface area contributed by atoms with Crippen LogP contribution in [0.4, 0.5) is 0 Å². The van der Waals surface area contributed by atoms with Gasteiger partial charge in [0.05, 0.1) is 45.3 Å². The molecule has 0 saturated carbocycles. The van der Waals surface area contributed by atoms with Gasteiger partial charge in [0.15, 0.2) is 18.4 Å². The molecule has 2 aliphatic rings. The summed E-state index contributed by atoms with van der Waals surface area (Å²) in [7, 11) is 13.8. The summed E-state index contributed by atoms with van der Waals surface area (Å²) >= 11 is 0. The predicted octanol–water partition coefficient (Wildman–Crippen LogP) is 5.93. The van der Waals surface area contributed by atoms with Gasteiger partial charge in [0.2, 0.25) is 0 Å². The number of cyclic esters (lactones) is 1. The van der Waals surface area contributed by atoms with Crippen LogP contribution in [-0.2, 0) is 38.0 Å². The minimum atomic E-state index is -0.582. The molecule has 1 saturated heterocycles. The summed E-state index contributed by atoms with van der Waals surface area (Å²) in [6, 6.07) is 0.217. The molecule has 2 radical (unpaired) electrons. The average molecular weight is 660 g/mol. The highest BCUT2D eigenvalue weighted by molar-refractivity contribution is 6.13. The number of hydrogen-bond acceptors (Lipinski definition) is 9. The van der Waals surface area contributed by atoms with Crippen molar-refractivity contribution in [3.8, 4) is 0 Å². The first kappa shape index (κ1) is 41.4. The molecule has 9 nitrogen and oxygen atoms in total. The lowest BCUT2D eigenvalue weighted by Crippen LogP contribution is -2.56. The quantitative estimate of drug-likeness (QED) is 0.116. The largest absolute Gasteiger partial charge is 0.462 e. The first-order chi connectivity index (χ1) is 22.2. The number of carbonyl (C=O) groups is 2. The van der Waals surface area contributed by atoms with Gasteiger partial charge in [-0.25, -0.2) is 0 Å². The molecule has 0 aromatic carbocycles. The van der Waals surface area contributed by atoms with E-state index in [9.17, 15) is 9.59 Å². The van der Waals surface area contributed by atoms with Gasteiger partial charge in [0, 0.05) is 44.4 Å². The van der Waals surface area contributed by atoms with Gasteiger partial charge in [-0.05, 0) is 64.5 Å². The highest BCUT2D eigenvalue weighted by Crippen LogP contribution is 2.39. The van der Waals surface area contributed by atoms with Crippen molar-refractivity contribution in [3.63, 3.8) is 0 Å². The second-order valence-electron chi connectivity index (χ2n) is 13.9. The Morgan fingerprint density at radius 3 is 2.30 bits per heavy atom. The maximum absolute atomic E-state index is 13.5. The molecule has 0 N–H and O–H groups in total. The van der Waals surface area contributed by atoms with Crippen molar-refractivity contribution in [1.29, 1.82) is 0 Å². The van der Waals surface area contributed by atoms with Gasteiger partial charge in [-0.1, -0.05) is 58.4 Å². The van der Waals surface area contributed by atoms with Crippen LogP contribution in [0.25, 0.3) is 0 Å². The minimum Gasteiger partial charge on any atom is -0.462 e. The molecule has 47 heavy (non-hydrogen) atoms. The predicted molar refractivity (Wildman–Crippen MR) is 186 cm³/mol. The number of methoxy groups -OCH3 is 2. The Bertz CT molecular complexity index is 1050. The number of ether oxygens (including phenoxy) is 6. The number of ketones is 1. The topological polar surface area (TPSA) is 92.8 Å². The molecule has 0 unspecified atom stereocenters. The molecule has 0 spiro atoms. The third kappa shape index (κ3) is 11.9. The first-order valence-electron chi connectivity index (χ1n) is 17.3. The number of hydrogen-bond donors (Lipinski definition) is 0. The van der Waals surface area contributed by atoms with Gasteiger partial charge in [-0.15, -0.1) is 6.58 Å². The van der Waals surface area contributed by atoms with E-state index in [4.69, 9.17) is 36.3 Å². The molecular weight excluding hydrogens is 597 g/mol. The van der Waals surface area contributed by atoms with Crippen LogP contribution in [0.1, 0.15) is 74.1 Å². The van der Waals surface area contributed by atoms with Crippen molar-refractivity contribution in [1.82, 2.24) is 4.90 Å². The molecule has 0 aliphatic carbocycles. The summed E-state index contributed by atoms with van der Waals surface area (Å²) in [5.74, 6) is -1.50. The Kier molecular flexibility index (Phi) is 17.6. The van der Waals surface area contributed by atoms with Crippen LogP contribution in [0.15, 0.2) is 36.5 Å². The first-order valence-corrected chi connectivity index (χ1v) is 17.3. The SMILES string of the molecule is [B][C@H]1/C=C(C)/C=C/C(=O)[C@H](C)C[C@H](CC(OC)OC)[C@H](O[C@@H]2O[C@H](C)[C@@H](C)[C@H](N(C)C)[C@H]2C)[C@@H](C)[C@H](OCC=C)CC(=O)O[C@@H]1CC. The lowest BCUT2D eigenvalue weighted by atomic mass is 9.78. The molecule has 0 bridgehead atoms. The zero-order valence-electron chi connectivity index (χ0n) is 30.8. The summed E-state index contributed by atoms with van der Waals surface area (Å²) in [6.07, 6.45) is 5.63. The lowest BCUT2D eigenvalue weighted by molar-refractivity contribution is -0.280. The van der Waals surface area contributed by atoms with E-state index in [1.165, 1.54) is 0 Å². The van der Waals surface area contributed by atoms with Crippen LogP contribution < -0.4 is 0 Å². The highest BCUT2D eigenvalue weighted by atomic mass is 16.7. The summed E-state index contributed by atoms with van der Waals surface area (Å²) < 4.78 is 37.3. The molecule has 0 amide bonds. The summed E-state index contributed by atoms with van der Waals surface area (Å²) in [4.78, 5) is 29.3. The zero-order chi connectivity index (χ0) is 35.4. The maximum atomic E-state index is 13.5. The molecule has 12 atom stereocenters. The average Bonchev–Trinajstić information content (AvgIpc) is 3.02. The Hall–Kier alpha value is -1.82. The van der Waals surface area contributed by atoms with Crippen molar-refractivity contribution in [2.24, 2.45) is 29.6 Å².